The van der Waals surface area contributed by atoms with Crippen molar-refractivity contribution < 1.29 is 19.1 Å². The number of hydrogen-bond acceptors (Lipinski definition) is 6. The summed E-state index contributed by atoms with van der Waals surface area (Å²) in [5, 5.41) is 14.5. The van der Waals surface area contributed by atoms with Crippen LogP contribution in [0.1, 0.15) is 40.7 Å². The van der Waals surface area contributed by atoms with Gasteiger partial charge in [-0.2, -0.15) is 0 Å². The number of amides is 2. The first-order valence-electron chi connectivity index (χ1n) is 12.2. The molecule has 0 bridgehead atoms. The number of nitrogens with two attached hydrogens (primary N) is 1. The van der Waals surface area contributed by atoms with Gasteiger partial charge in [-0.1, -0.05) is 23.4 Å². The van der Waals surface area contributed by atoms with Crippen LogP contribution in [0.2, 0.25) is 5.02 Å². The molecule has 1 saturated heterocycles. The van der Waals surface area contributed by atoms with Crippen molar-refractivity contribution in [1.82, 2.24) is 10.2 Å². The molecule has 1 heterocycles. The Hall–Kier alpha value is -3.32. The van der Waals surface area contributed by atoms with E-state index < -0.39 is 11.7 Å². The Labute approximate surface area is 222 Å². The van der Waals surface area contributed by atoms with Gasteiger partial charge in [-0.25, -0.2) is 4.39 Å². The number of halogens is 2. The van der Waals surface area contributed by atoms with E-state index in [1.54, 1.807) is 6.07 Å². The van der Waals surface area contributed by atoms with Gasteiger partial charge in [0, 0.05) is 50.3 Å². The maximum atomic E-state index is 14.1. The van der Waals surface area contributed by atoms with Crippen molar-refractivity contribution in [2.45, 2.75) is 26.2 Å². The summed E-state index contributed by atoms with van der Waals surface area (Å²) in [7, 11) is 2.06. The molecule has 0 saturated carbocycles. The van der Waals surface area contributed by atoms with Gasteiger partial charge in [0.15, 0.2) is 5.82 Å². The number of unbranched alkanes of at least 4 members (excludes halogenated alkanes) is 1. The summed E-state index contributed by atoms with van der Waals surface area (Å²) < 4.78 is 14.1. The minimum absolute atomic E-state index is 0.0102. The number of nitrogens with zero attached hydrogens (tertiary/aromatic N) is 2. The predicted molar refractivity (Wildman–Crippen MR) is 145 cm³/mol. The summed E-state index contributed by atoms with van der Waals surface area (Å²) in [5.41, 5.74) is 7.84. The molecule has 8 nitrogen and oxygen atoms in total. The first-order valence-corrected chi connectivity index (χ1v) is 12.6. The number of aliphatic hydroxyl groups is 1. The lowest BCUT2D eigenvalue weighted by Gasteiger charge is -2.35. The third-order valence-electron chi connectivity index (χ3n) is 6.20. The lowest BCUT2D eigenvalue weighted by Crippen LogP contribution is -2.44. The van der Waals surface area contributed by atoms with Crippen LogP contribution in [0, 0.1) is 24.6 Å². The van der Waals surface area contributed by atoms with E-state index in [2.05, 4.69) is 39.3 Å². The predicted octanol–water partition coefficient (Wildman–Crippen LogP) is 3.00. The van der Waals surface area contributed by atoms with Crippen LogP contribution in [0.3, 0.4) is 0 Å². The second-order valence-electron chi connectivity index (χ2n) is 9.00. The van der Waals surface area contributed by atoms with Crippen molar-refractivity contribution in [3.63, 3.8) is 0 Å². The molecule has 2 aromatic carbocycles. The number of piperazine rings is 1. The normalized spacial score (nSPS) is 13.6. The van der Waals surface area contributed by atoms with Gasteiger partial charge in [-0.05, 0) is 51.1 Å². The van der Waals surface area contributed by atoms with Gasteiger partial charge in [0.1, 0.15) is 0 Å². The van der Waals surface area contributed by atoms with Gasteiger partial charge < -0.3 is 31.3 Å². The molecule has 1 aliphatic heterocycles. The highest BCUT2D eigenvalue weighted by Gasteiger charge is 2.21. The summed E-state index contributed by atoms with van der Waals surface area (Å²) in [5.74, 6) is 4.68. The maximum Gasteiger partial charge on any atom is 0.257 e. The number of anilines is 3. The van der Waals surface area contributed by atoms with E-state index in [0.717, 1.165) is 31.9 Å². The van der Waals surface area contributed by atoms with Crippen molar-refractivity contribution in [2.75, 3.05) is 62.3 Å². The van der Waals surface area contributed by atoms with E-state index in [1.165, 1.54) is 13.0 Å². The van der Waals surface area contributed by atoms with Crippen LogP contribution in [0.15, 0.2) is 24.3 Å². The van der Waals surface area contributed by atoms with Gasteiger partial charge in [-0.15, -0.1) is 0 Å². The number of hydrogen-bond donors (Lipinski definition) is 4. The molecule has 0 spiro atoms. The van der Waals surface area contributed by atoms with Gasteiger partial charge in [0.25, 0.3) is 5.91 Å². The second kappa shape index (κ2) is 13.3. The maximum absolute atomic E-state index is 14.1. The number of nitrogens with one attached hydrogen (secondary N) is 2. The average molecular weight is 530 g/mol. The molecule has 37 heavy (non-hydrogen) atoms. The summed E-state index contributed by atoms with van der Waals surface area (Å²) in [4.78, 5) is 29.4. The molecule has 0 aromatic heterocycles. The zero-order valence-electron chi connectivity index (χ0n) is 21.2. The van der Waals surface area contributed by atoms with Crippen molar-refractivity contribution in [2.24, 2.45) is 0 Å². The number of nitrogen functional groups attached to an aromatic ring is 1. The standard InChI is InChI=1S/C27H33ClFN5O3/c1-18-25(28)20(17-21(30)26(18)29)27(37)32-22-16-19(6-5-10-31-24(36)7-3-4-15-35)8-9-23(22)34-13-11-33(2)12-14-34/h8-9,16-17,35H,3-4,7,10-15,30H2,1-2H3,(H,31,36)(H,32,37). The van der Waals surface area contributed by atoms with Gasteiger partial charge >= 0.3 is 0 Å². The first-order chi connectivity index (χ1) is 17.7. The lowest BCUT2D eigenvalue weighted by atomic mass is 10.1. The number of benzene rings is 2. The van der Waals surface area contributed by atoms with Crippen LogP contribution in [-0.2, 0) is 4.79 Å². The molecule has 1 fully saturated rings. The molecular formula is C27H33ClFN5O3. The Morgan fingerprint density at radius 3 is 2.62 bits per heavy atom. The van der Waals surface area contributed by atoms with Crippen LogP contribution < -0.4 is 21.3 Å². The van der Waals surface area contributed by atoms with Gasteiger partial charge in [0.05, 0.1) is 34.2 Å². The van der Waals surface area contributed by atoms with Crippen molar-refractivity contribution in [1.29, 1.82) is 0 Å². The highest BCUT2D eigenvalue weighted by Crippen LogP contribution is 2.31. The zero-order chi connectivity index (χ0) is 26.9. The second-order valence-corrected chi connectivity index (χ2v) is 9.38. The smallest absolute Gasteiger partial charge is 0.257 e. The van der Waals surface area contributed by atoms with Crippen LogP contribution in [0.5, 0.6) is 0 Å². The number of likely N-dealkylation sites (N-methyl/N-ethyl adjacent to an activating group) is 1. The fraction of sp³-hybridized carbons (Fsp3) is 0.407. The fourth-order valence-corrected chi connectivity index (χ4v) is 4.19. The van der Waals surface area contributed by atoms with E-state index in [9.17, 15) is 14.0 Å². The van der Waals surface area contributed by atoms with Crippen LogP contribution in [0.4, 0.5) is 21.5 Å². The van der Waals surface area contributed by atoms with Crippen molar-refractivity contribution in [3.8, 4) is 11.8 Å². The van der Waals surface area contributed by atoms with E-state index >= 15 is 0 Å². The summed E-state index contributed by atoms with van der Waals surface area (Å²) in [6.45, 7) is 5.06. The Kier molecular flexibility index (Phi) is 10.1. The molecular weight excluding hydrogens is 497 g/mol. The third-order valence-corrected chi connectivity index (χ3v) is 6.69. The minimum Gasteiger partial charge on any atom is -0.396 e. The molecule has 5 N–H and O–H groups in total. The van der Waals surface area contributed by atoms with E-state index in [-0.39, 0.29) is 40.9 Å². The molecule has 10 heteroatoms. The Morgan fingerprint density at radius 1 is 1.19 bits per heavy atom. The monoisotopic (exact) mass is 529 g/mol. The molecule has 2 aromatic rings. The number of aliphatic hydroxyl groups excluding tert-OH is 1. The van der Waals surface area contributed by atoms with Gasteiger partial charge in [0.2, 0.25) is 5.91 Å². The van der Waals surface area contributed by atoms with Crippen LogP contribution >= 0.6 is 11.6 Å². The van der Waals surface area contributed by atoms with Crippen LogP contribution in [0.25, 0.3) is 0 Å². The molecule has 0 aliphatic carbocycles. The summed E-state index contributed by atoms with van der Waals surface area (Å²) >= 11 is 6.28. The van der Waals surface area contributed by atoms with E-state index in [4.69, 9.17) is 22.4 Å². The Morgan fingerprint density at radius 2 is 1.92 bits per heavy atom. The summed E-state index contributed by atoms with van der Waals surface area (Å²) in [6.07, 6.45) is 1.55. The van der Waals surface area contributed by atoms with Crippen molar-refractivity contribution >= 4 is 40.5 Å². The lowest BCUT2D eigenvalue weighted by molar-refractivity contribution is -0.120. The molecule has 1 aliphatic rings. The Bertz CT molecular complexity index is 1200. The van der Waals surface area contributed by atoms with Crippen molar-refractivity contribution in [3.05, 3.63) is 51.8 Å². The third kappa shape index (κ3) is 7.59. The average Bonchev–Trinajstić information content (AvgIpc) is 2.88. The molecule has 0 radical (unpaired) electrons. The topological polar surface area (TPSA) is 111 Å². The first kappa shape index (κ1) is 28.3. The van der Waals surface area contributed by atoms with Crippen LogP contribution in [-0.4, -0.2) is 68.2 Å². The molecule has 0 unspecified atom stereocenters. The largest absolute Gasteiger partial charge is 0.396 e. The molecule has 3 rings (SSSR count). The summed E-state index contributed by atoms with van der Waals surface area (Å²) in [6, 6.07) is 6.79. The quantitative estimate of drug-likeness (QED) is 0.238. The van der Waals surface area contributed by atoms with Gasteiger partial charge in [-0.3, -0.25) is 9.59 Å². The highest BCUT2D eigenvalue weighted by molar-refractivity contribution is 6.35. The fourth-order valence-electron chi connectivity index (χ4n) is 3.96. The molecule has 0 atom stereocenters. The Balaban J connectivity index is 1.82. The van der Waals surface area contributed by atoms with E-state index in [1.807, 2.05) is 12.1 Å². The number of carbonyl (C=O) groups excluding carboxylic acids is 2. The zero-order valence-corrected chi connectivity index (χ0v) is 21.9. The molecule has 2 amide bonds. The van der Waals surface area contributed by atoms with E-state index in [0.29, 0.717) is 30.5 Å². The number of rotatable bonds is 8. The highest BCUT2D eigenvalue weighted by atomic mass is 35.5. The SMILES string of the molecule is Cc1c(F)c(N)cc(C(=O)Nc2cc(C#CCNC(=O)CCCCO)ccc2N2CCN(C)CC2)c1Cl. The minimum atomic E-state index is -0.641. The number of carbonyl (C=O) groups is 2. The molecule has 198 valence electrons.